The highest BCUT2D eigenvalue weighted by molar-refractivity contribution is 5.90. The van der Waals surface area contributed by atoms with Crippen LogP contribution >= 0.6 is 0 Å². The van der Waals surface area contributed by atoms with E-state index in [2.05, 4.69) is 0 Å². The number of nitrogens with zero attached hydrogens (tertiary/aromatic N) is 2. The van der Waals surface area contributed by atoms with Crippen LogP contribution in [0.4, 0.5) is 0 Å². The molecule has 0 aromatic carbocycles. The van der Waals surface area contributed by atoms with Crippen LogP contribution in [0.3, 0.4) is 0 Å². The van der Waals surface area contributed by atoms with Gasteiger partial charge in [0.2, 0.25) is 11.8 Å². The van der Waals surface area contributed by atoms with Gasteiger partial charge in [-0.3, -0.25) is 9.59 Å². The highest BCUT2D eigenvalue weighted by atomic mass is 16.2. The Hall–Kier alpha value is -1.06. The van der Waals surface area contributed by atoms with E-state index in [-0.39, 0.29) is 17.9 Å². The molecular formula is C14H22N2O2. The van der Waals surface area contributed by atoms with E-state index in [0.717, 1.165) is 32.2 Å². The second-order valence-corrected chi connectivity index (χ2v) is 5.82. The molecule has 4 heteroatoms. The van der Waals surface area contributed by atoms with E-state index in [1.54, 1.807) is 0 Å². The monoisotopic (exact) mass is 250 g/mol. The summed E-state index contributed by atoms with van der Waals surface area (Å²) in [4.78, 5) is 28.5. The molecule has 1 atom stereocenters. The topological polar surface area (TPSA) is 40.6 Å². The van der Waals surface area contributed by atoms with Crippen LogP contribution in [0.15, 0.2) is 0 Å². The van der Waals surface area contributed by atoms with Crippen LogP contribution in [-0.4, -0.2) is 46.8 Å². The van der Waals surface area contributed by atoms with Crippen LogP contribution in [0, 0.1) is 0 Å². The molecule has 1 aliphatic carbocycles. The molecule has 0 bridgehead atoms. The molecule has 3 fully saturated rings. The third kappa shape index (κ3) is 2.02. The molecule has 2 heterocycles. The first-order valence-electron chi connectivity index (χ1n) is 7.37. The third-order valence-corrected chi connectivity index (χ3v) is 4.72. The van der Waals surface area contributed by atoms with Crippen LogP contribution in [0.25, 0.3) is 0 Å². The van der Waals surface area contributed by atoms with E-state index in [9.17, 15) is 9.59 Å². The van der Waals surface area contributed by atoms with Gasteiger partial charge in [-0.2, -0.15) is 0 Å². The molecule has 0 radical (unpaired) electrons. The zero-order valence-electron chi connectivity index (χ0n) is 10.9. The summed E-state index contributed by atoms with van der Waals surface area (Å²) in [5, 5.41) is 0. The van der Waals surface area contributed by atoms with E-state index in [1.165, 1.54) is 19.3 Å². The number of fused-ring (bicyclic) bond motifs is 1. The second-order valence-electron chi connectivity index (χ2n) is 5.82. The molecular weight excluding hydrogens is 228 g/mol. The minimum absolute atomic E-state index is 0.137. The Morgan fingerprint density at radius 3 is 2.39 bits per heavy atom. The maximum Gasteiger partial charge on any atom is 0.245 e. The first kappa shape index (κ1) is 12.0. The quantitative estimate of drug-likeness (QED) is 0.708. The smallest absolute Gasteiger partial charge is 0.245 e. The Morgan fingerprint density at radius 2 is 1.61 bits per heavy atom. The zero-order chi connectivity index (χ0) is 12.5. The lowest BCUT2D eigenvalue weighted by Crippen LogP contribution is -2.48. The third-order valence-electron chi connectivity index (χ3n) is 4.72. The molecule has 4 nitrogen and oxygen atoms in total. The van der Waals surface area contributed by atoms with Gasteiger partial charge in [-0.1, -0.05) is 19.3 Å². The molecule has 0 aromatic heterocycles. The van der Waals surface area contributed by atoms with Crippen molar-refractivity contribution in [1.82, 2.24) is 9.80 Å². The van der Waals surface area contributed by atoms with Crippen molar-refractivity contribution >= 4 is 11.8 Å². The summed E-state index contributed by atoms with van der Waals surface area (Å²) in [6, 6.07) is 0.265. The molecule has 1 saturated carbocycles. The summed E-state index contributed by atoms with van der Waals surface area (Å²) in [5.41, 5.74) is 0. The minimum atomic E-state index is -0.137. The van der Waals surface area contributed by atoms with Gasteiger partial charge in [0.15, 0.2) is 0 Å². The van der Waals surface area contributed by atoms with Crippen molar-refractivity contribution in [3.63, 3.8) is 0 Å². The maximum atomic E-state index is 12.6. The van der Waals surface area contributed by atoms with Gasteiger partial charge in [0, 0.05) is 25.6 Å². The second kappa shape index (κ2) is 4.90. The summed E-state index contributed by atoms with van der Waals surface area (Å²) in [7, 11) is 0. The maximum absolute atomic E-state index is 12.6. The fourth-order valence-corrected chi connectivity index (χ4v) is 3.74. The first-order valence-corrected chi connectivity index (χ1v) is 7.37. The number of carbonyl (C=O) groups is 2. The number of rotatable bonds is 1. The van der Waals surface area contributed by atoms with Crippen molar-refractivity contribution in [2.45, 2.75) is 63.5 Å². The lowest BCUT2D eigenvalue weighted by Gasteiger charge is -2.35. The van der Waals surface area contributed by atoms with Gasteiger partial charge in [0.05, 0.1) is 0 Å². The highest BCUT2D eigenvalue weighted by Gasteiger charge is 2.41. The predicted molar refractivity (Wildman–Crippen MR) is 67.9 cm³/mol. The standard InChI is InChI=1S/C14H22N2O2/c17-13-8-10-15(11-5-2-1-3-6-11)14(18)12-7-4-9-16(12)13/h11-12H,1-10H2. The average Bonchev–Trinajstić information content (AvgIpc) is 2.85. The first-order chi connectivity index (χ1) is 8.77. The average molecular weight is 250 g/mol. The van der Waals surface area contributed by atoms with Gasteiger partial charge in [-0.25, -0.2) is 0 Å². The fourth-order valence-electron chi connectivity index (χ4n) is 3.74. The zero-order valence-corrected chi connectivity index (χ0v) is 10.9. The molecule has 2 amide bonds. The molecule has 100 valence electrons. The number of hydrogen-bond donors (Lipinski definition) is 0. The Bertz CT molecular complexity index is 350. The van der Waals surface area contributed by atoms with Crippen molar-refractivity contribution in [3.8, 4) is 0 Å². The largest absolute Gasteiger partial charge is 0.337 e. The van der Waals surface area contributed by atoms with Gasteiger partial charge in [-0.05, 0) is 25.7 Å². The van der Waals surface area contributed by atoms with Gasteiger partial charge in [0.25, 0.3) is 0 Å². The van der Waals surface area contributed by atoms with E-state index in [1.807, 2.05) is 9.80 Å². The van der Waals surface area contributed by atoms with E-state index >= 15 is 0 Å². The molecule has 1 unspecified atom stereocenters. The van der Waals surface area contributed by atoms with Crippen LogP contribution in [0.2, 0.25) is 0 Å². The highest BCUT2D eigenvalue weighted by Crippen LogP contribution is 2.29. The summed E-state index contributed by atoms with van der Waals surface area (Å²) >= 11 is 0. The molecule has 0 aromatic rings. The summed E-state index contributed by atoms with van der Waals surface area (Å²) < 4.78 is 0. The summed E-state index contributed by atoms with van der Waals surface area (Å²) in [6.07, 6.45) is 8.41. The van der Waals surface area contributed by atoms with Crippen LogP contribution in [0.1, 0.15) is 51.4 Å². The molecule has 0 spiro atoms. The fraction of sp³-hybridized carbons (Fsp3) is 0.857. The Morgan fingerprint density at radius 1 is 0.833 bits per heavy atom. The van der Waals surface area contributed by atoms with E-state index in [4.69, 9.17) is 0 Å². The molecule has 18 heavy (non-hydrogen) atoms. The molecule has 0 N–H and O–H groups in total. The number of amides is 2. The van der Waals surface area contributed by atoms with Gasteiger partial charge in [0.1, 0.15) is 6.04 Å². The predicted octanol–water partition coefficient (Wildman–Crippen LogP) is 1.54. The summed E-state index contributed by atoms with van der Waals surface area (Å²) in [6.45, 7) is 1.43. The summed E-state index contributed by atoms with van der Waals surface area (Å²) in [5.74, 6) is 0.411. The molecule has 3 aliphatic rings. The van der Waals surface area contributed by atoms with Gasteiger partial charge in [-0.15, -0.1) is 0 Å². The SMILES string of the molecule is O=C1C2CCCN2C(=O)CCN1C1CCCCC1. The Kier molecular flexibility index (Phi) is 3.27. The molecule has 3 rings (SSSR count). The van der Waals surface area contributed by atoms with Crippen molar-refractivity contribution in [2.24, 2.45) is 0 Å². The van der Waals surface area contributed by atoms with Crippen molar-refractivity contribution < 1.29 is 9.59 Å². The van der Waals surface area contributed by atoms with Crippen LogP contribution < -0.4 is 0 Å². The van der Waals surface area contributed by atoms with E-state index < -0.39 is 0 Å². The number of carbonyl (C=O) groups excluding carboxylic acids is 2. The molecule has 2 aliphatic heterocycles. The van der Waals surface area contributed by atoms with Gasteiger partial charge >= 0.3 is 0 Å². The normalized spacial score (nSPS) is 30.6. The van der Waals surface area contributed by atoms with Crippen LogP contribution in [0.5, 0.6) is 0 Å². The van der Waals surface area contributed by atoms with Crippen molar-refractivity contribution in [2.75, 3.05) is 13.1 Å². The Balaban J connectivity index is 1.78. The van der Waals surface area contributed by atoms with Gasteiger partial charge < -0.3 is 9.80 Å². The lowest BCUT2D eigenvalue weighted by molar-refractivity contribution is -0.141. The number of hydrogen-bond acceptors (Lipinski definition) is 2. The van der Waals surface area contributed by atoms with Crippen molar-refractivity contribution in [3.05, 3.63) is 0 Å². The van der Waals surface area contributed by atoms with Crippen LogP contribution in [-0.2, 0) is 9.59 Å². The Labute approximate surface area is 108 Å². The van der Waals surface area contributed by atoms with E-state index in [0.29, 0.717) is 19.0 Å². The van der Waals surface area contributed by atoms with Crippen molar-refractivity contribution in [1.29, 1.82) is 0 Å². The minimum Gasteiger partial charge on any atom is -0.337 e. The lowest BCUT2D eigenvalue weighted by atomic mass is 9.93. The molecule has 2 saturated heterocycles.